The third-order valence-electron chi connectivity index (χ3n) is 4.22. The van der Waals surface area contributed by atoms with E-state index >= 15 is 0 Å². The molecule has 2 N–H and O–H groups in total. The lowest BCUT2D eigenvalue weighted by molar-refractivity contribution is 0.240. The van der Waals surface area contributed by atoms with E-state index in [0.717, 1.165) is 16.9 Å². The van der Waals surface area contributed by atoms with E-state index in [1.807, 2.05) is 50.4 Å². The Balaban J connectivity index is 1.56. The fraction of sp³-hybridized carbons (Fsp3) is 0.250. The van der Waals surface area contributed by atoms with E-state index in [2.05, 4.69) is 20.7 Å². The van der Waals surface area contributed by atoms with Gasteiger partial charge in [-0.25, -0.2) is 13.9 Å². The predicted octanol–water partition coefficient (Wildman–Crippen LogP) is 3.32. The third-order valence-corrected chi connectivity index (χ3v) is 4.22. The van der Waals surface area contributed by atoms with Gasteiger partial charge in [0.2, 0.25) is 0 Å². The molecular weight excluding hydrogens is 345 g/mol. The van der Waals surface area contributed by atoms with Crippen molar-refractivity contribution in [2.24, 2.45) is 0 Å². The van der Waals surface area contributed by atoms with Crippen molar-refractivity contribution in [1.82, 2.24) is 25.4 Å². The Bertz CT molecular complexity index is 924. The van der Waals surface area contributed by atoms with Gasteiger partial charge in [0.15, 0.2) is 0 Å². The summed E-state index contributed by atoms with van der Waals surface area (Å²) in [6.07, 6.45) is 3.43. The highest BCUT2D eigenvalue weighted by atomic mass is 19.1. The van der Waals surface area contributed by atoms with Crippen LogP contribution >= 0.6 is 0 Å². The minimum Gasteiger partial charge on any atom is -0.337 e. The van der Waals surface area contributed by atoms with E-state index in [1.54, 1.807) is 16.9 Å². The highest BCUT2D eigenvalue weighted by Crippen LogP contribution is 2.15. The number of nitrogens with zero attached hydrogens (tertiary/aromatic N) is 3. The summed E-state index contributed by atoms with van der Waals surface area (Å²) in [6.45, 7) is 4.39. The van der Waals surface area contributed by atoms with Crippen LogP contribution in [0.4, 0.5) is 9.18 Å². The smallest absolute Gasteiger partial charge is 0.315 e. The average Bonchev–Trinajstić information content (AvgIpc) is 3.11. The van der Waals surface area contributed by atoms with Crippen molar-refractivity contribution in [2.75, 3.05) is 6.54 Å². The molecule has 2 aromatic heterocycles. The van der Waals surface area contributed by atoms with Gasteiger partial charge in [-0.1, -0.05) is 25.1 Å². The molecule has 0 bridgehead atoms. The maximum atomic E-state index is 13.7. The number of pyridine rings is 1. The van der Waals surface area contributed by atoms with Gasteiger partial charge < -0.3 is 10.6 Å². The van der Waals surface area contributed by atoms with E-state index in [0.29, 0.717) is 18.8 Å². The van der Waals surface area contributed by atoms with Crippen LogP contribution in [0.3, 0.4) is 0 Å². The minimum atomic E-state index is -0.365. The van der Waals surface area contributed by atoms with Gasteiger partial charge in [-0.2, -0.15) is 5.10 Å². The molecule has 2 amide bonds. The topological polar surface area (TPSA) is 71.8 Å². The molecule has 0 spiro atoms. The molecule has 0 aliphatic carbocycles. The van der Waals surface area contributed by atoms with E-state index in [1.165, 1.54) is 6.07 Å². The molecule has 140 valence electrons. The second-order valence-electron chi connectivity index (χ2n) is 6.37. The number of benzene rings is 1. The largest absolute Gasteiger partial charge is 0.337 e. The summed E-state index contributed by atoms with van der Waals surface area (Å²) in [5.41, 5.74) is 3.12. The van der Waals surface area contributed by atoms with E-state index in [4.69, 9.17) is 0 Å². The summed E-state index contributed by atoms with van der Waals surface area (Å²) < 4.78 is 15.5. The average molecular weight is 367 g/mol. The van der Waals surface area contributed by atoms with Gasteiger partial charge in [0.25, 0.3) is 0 Å². The lowest BCUT2D eigenvalue weighted by Crippen LogP contribution is -2.37. The second kappa shape index (κ2) is 8.44. The van der Waals surface area contributed by atoms with Crippen LogP contribution in [0.1, 0.15) is 29.8 Å². The number of carbonyl (C=O) groups excluding carboxylic acids is 1. The Hall–Kier alpha value is -3.22. The van der Waals surface area contributed by atoms with Crippen molar-refractivity contribution in [2.45, 2.75) is 26.3 Å². The molecule has 0 saturated carbocycles. The summed E-state index contributed by atoms with van der Waals surface area (Å²) in [7, 11) is 0. The van der Waals surface area contributed by atoms with Gasteiger partial charge in [0, 0.05) is 31.4 Å². The van der Waals surface area contributed by atoms with E-state index in [9.17, 15) is 9.18 Å². The Morgan fingerprint density at radius 2 is 2.00 bits per heavy atom. The normalized spacial score (nSPS) is 11.8. The number of aryl methyl sites for hydroxylation is 1. The van der Waals surface area contributed by atoms with Gasteiger partial charge in [-0.05, 0) is 36.8 Å². The van der Waals surface area contributed by atoms with Crippen molar-refractivity contribution >= 4 is 6.03 Å². The molecule has 0 aliphatic heterocycles. The number of halogens is 1. The van der Waals surface area contributed by atoms with Gasteiger partial charge in [-0.15, -0.1) is 0 Å². The van der Waals surface area contributed by atoms with Crippen LogP contribution in [0.15, 0.2) is 54.9 Å². The molecule has 1 atom stereocenters. The van der Waals surface area contributed by atoms with Gasteiger partial charge in [-0.3, -0.25) is 4.98 Å². The molecule has 1 unspecified atom stereocenters. The highest BCUT2D eigenvalue weighted by Gasteiger charge is 2.13. The van der Waals surface area contributed by atoms with Crippen LogP contribution < -0.4 is 10.6 Å². The fourth-order valence-electron chi connectivity index (χ4n) is 2.77. The molecular formula is C20H22FN5O. The van der Waals surface area contributed by atoms with Crippen LogP contribution in [0, 0.1) is 12.7 Å². The monoisotopic (exact) mass is 367 g/mol. The van der Waals surface area contributed by atoms with Gasteiger partial charge >= 0.3 is 6.03 Å². The highest BCUT2D eigenvalue weighted by molar-refractivity contribution is 5.74. The van der Waals surface area contributed by atoms with Gasteiger partial charge in [0.05, 0.1) is 17.1 Å². The van der Waals surface area contributed by atoms with Crippen LogP contribution in [-0.2, 0) is 6.54 Å². The molecule has 27 heavy (non-hydrogen) atoms. The fourth-order valence-corrected chi connectivity index (χ4v) is 2.77. The number of nitrogens with one attached hydrogen (secondary N) is 2. The molecule has 0 radical (unpaired) electrons. The molecule has 1 aromatic carbocycles. The predicted molar refractivity (Wildman–Crippen MR) is 101 cm³/mol. The lowest BCUT2D eigenvalue weighted by Gasteiger charge is -2.14. The molecule has 0 aliphatic rings. The first-order valence-corrected chi connectivity index (χ1v) is 8.77. The molecule has 2 heterocycles. The number of carbonyl (C=O) groups is 1. The molecule has 0 saturated heterocycles. The first-order valence-electron chi connectivity index (χ1n) is 8.77. The van der Waals surface area contributed by atoms with Crippen molar-refractivity contribution in [1.29, 1.82) is 0 Å². The summed E-state index contributed by atoms with van der Waals surface area (Å²) in [6, 6.07) is 12.3. The lowest BCUT2D eigenvalue weighted by atomic mass is 10.1. The Kier molecular flexibility index (Phi) is 5.80. The Labute approximate surface area is 157 Å². The molecule has 0 fully saturated rings. The van der Waals surface area contributed by atoms with E-state index < -0.39 is 0 Å². The Morgan fingerprint density at radius 3 is 2.74 bits per heavy atom. The molecule has 3 aromatic rings. The maximum absolute atomic E-state index is 13.7. The summed E-state index contributed by atoms with van der Waals surface area (Å²) >= 11 is 0. The van der Waals surface area contributed by atoms with Crippen molar-refractivity contribution in [3.05, 3.63) is 77.6 Å². The number of rotatable bonds is 6. The third kappa shape index (κ3) is 4.69. The number of amides is 2. The number of aromatic nitrogens is 3. The number of urea groups is 1. The molecule has 3 rings (SSSR count). The standard InChI is InChI=1S/C20H22FN5O/c1-14(19-17(21)7-5-10-22-19)12-23-20(27)24-13-16-6-3-4-8-18(16)26-11-9-15(2)25-26/h3-11,14H,12-13H2,1-2H3,(H2,23,24,27). The van der Waals surface area contributed by atoms with Crippen LogP contribution in [0.25, 0.3) is 5.69 Å². The van der Waals surface area contributed by atoms with E-state index in [-0.39, 0.29) is 17.8 Å². The zero-order valence-electron chi connectivity index (χ0n) is 15.3. The summed E-state index contributed by atoms with van der Waals surface area (Å²) in [5.74, 6) is -0.591. The SMILES string of the molecule is Cc1ccn(-c2ccccc2CNC(=O)NCC(C)c2ncccc2F)n1. The first-order chi connectivity index (χ1) is 13.0. The molecule has 7 heteroatoms. The summed E-state index contributed by atoms with van der Waals surface area (Å²) in [5, 5.41) is 10.0. The van der Waals surface area contributed by atoms with Crippen LogP contribution in [-0.4, -0.2) is 27.3 Å². The maximum Gasteiger partial charge on any atom is 0.315 e. The van der Waals surface area contributed by atoms with Crippen molar-refractivity contribution in [3.63, 3.8) is 0 Å². The molecule has 6 nitrogen and oxygen atoms in total. The van der Waals surface area contributed by atoms with Gasteiger partial charge in [0.1, 0.15) is 5.82 Å². The number of para-hydroxylation sites is 1. The van der Waals surface area contributed by atoms with Crippen molar-refractivity contribution < 1.29 is 9.18 Å². The minimum absolute atomic E-state index is 0.226. The second-order valence-corrected chi connectivity index (χ2v) is 6.37. The Morgan fingerprint density at radius 1 is 1.19 bits per heavy atom. The van der Waals surface area contributed by atoms with Crippen LogP contribution in [0.5, 0.6) is 0 Å². The number of hydrogen-bond donors (Lipinski definition) is 2. The zero-order chi connectivity index (χ0) is 19.2. The number of hydrogen-bond acceptors (Lipinski definition) is 3. The zero-order valence-corrected chi connectivity index (χ0v) is 15.3. The first kappa shape index (κ1) is 18.6. The van der Waals surface area contributed by atoms with Crippen LogP contribution in [0.2, 0.25) is 0 Å². The quantitative estimate of drug-likeness (QED) is 0.702. The summed E-state index contributed by atoms with van der Waals surface area (Å²) in [4.78, 5) is 16.2. The van der Waals surface area contributed by atoms with Crippen molar-refractivity contribution in [3.8, 4) is 5.69 Å².